The summed E-state index contributed by atoms with van der Waals surface area (Å²) in [6.07, 6.45) is 0. The number of hydrogen-bond acceptors (Lipinski definition) is 5. The van der Waals surface area contributed by atoms with Crippen LogP contribution < -0.4 is 0 Å². The van der Waals surface area contributed by atoms with E-state index in [4.69, 9.17) is 0 Å². The molecule has 0 bridgehead atoms. The summed E-state index contributed by atoms with van der Waals surface area (Å²) in [5, 5.41) is 12.5. The minimum absolute atomic E-state index is 0.0673. The largest absolute Gasteiger partial charge is 0.335 e. The Hall–Kier alpha value is -2.67. The SMILES string of the molecule is Cc1cccc(-n2nnnc2SCC(=O)N(Cc2ccccc2)C(C)C)c1. The van der Waals surface area contributed by atoms with Crippen LogP contribution in [0.2, 0.25) is 0 Å². The summed E-state index contributed by atoms with van der Waals surface area (Å²) >= 11 is 1.35. The minimum atomic E-state index is 0.0673. The molecule has 0 fully saturated rings. The number of aryl methyl sites for hydroxylation is 1. The van der Waals surface area contributed by atoms with Gasteiger partial charge in [0, 0.05) is 12.6 Å². The van der Waals surface area contributed by atoms with Gasteiger partial charge in [-0.05, 0) is 54.5 Å². The van der Waals surface area contributed by atoms with Crippen LogP contribution >= 0.6 is 11.8 Å². The Morgan fingerprint density at radius 1 is 1.15 bits per heavy atom. The molecule has 0 atom stereocenters. The highest BCUT2D eigenvalue weighted by Gasteiger charge is 2.19. The van der Waals surface area contributed by atoms with Crippen molar-refractivity contribution in [1.82, 2.24) is 25.1 Å². The number of aromatic nitrogens is 4. The van der Waals surface area contributed by atoms with Crippen molar-refractivity contribution in [3.05, 3.63) is 65.7 Å². The van der Waals surface area contributed by atoms with E-state index in [1.807, 2.05) is 80.3 Å². The van der Waals surface area contributed by atoms with E-state index in [2.05, 4.69) is 15.5 Å². The number of rotatable bonds is 7. The van der Waals surface area contributed by atoms with E-state index >= 15 is 0 Å². The van der Waals surface area contributed by atoms with Crippen LogP contribution in [0.4, 0.5) is 0 Å². The first-order valence-corrected chi connectivity index (χ1v) is 9.85. The standard InChI is InChI=1S/C20H23N5OS/c1-15(2)24(13-17-9-5-4-6-10-17)19(26)14-27-20-21-22-23-25(20)18-11-7-8-16(3)12-18/h4-12,15H,13-14H2,1-3H3. The van der Waals surface area contributed by atoms with Crippen molar-refractivity contribution < 1.29 is 4.79 Å². The number of carbonyl (C=O) groups excluding carboxylic acids is 1. The average Bonchev–Trinajstić information content (AvgIpc) is 3.13. The number of hydrogen-bond donors (Lipinski definition) is 0. The molecule has 0 saturated carbocycles. The molecule has 27 heavy (non-hydrogen) atoms. The molecule has 0 N–H and O–H groups in total. The number of benzene rings is 2. The molecule has 7 heteroatoms. The molecule has 0 aliphatic carbocycles. The summed E-state index contributed by atoms with van der Waals surface area (Å²) in [6, 6.07) is 18.1. The van der Waals surface area contributed by atoms with Crippen LogP contribution in [0, 0.1) is 6.92 Å². The predicted molar refractivity (Wildman–Crippen MR) is 107 cm³/mol. The van der Waals surface area contributed by atoms with E-state index in [0.717, 1.165) is 16.8 Å². The van der Waals surface area contributed by atoms with Gasteiger partial charge in [0.15, 0.2) is 0 Å². The van der Waals surface area contributed by atoms with Gasteiger partial charge in [-0.2, -0.15) is 4.68 Å². The van der Waals surface area contributed by atoms with E-state index < -0.39 is 0 Å². The Morgan fingerprint density at radius 2 is 1.93 bits per heavy atom. The molecular weight excluding hydrogens is 358 g/mol. The van der Waals surface area contributed by atoms with Crippen molar-refractivity contribution in [3.8, 4) is 5.69 Å². The van der Waals surface area contributed by atoms with E-state index in [1.165, 1.54) is 11.8 Å². The first-order chi connectivity index (χ1) is 13.0. The fraction of sp³-hybridized carbons (Fsp3) is 0.300. The van der Waals surface area contributed by atoms with Gasteiger partial charge >= 0.3 is 0 Å². The lowest BCUT2D eigenvalue weighted by Crippen LogP contribution is -2.37. The molecule has 0 aliphatic rings. The normalized spacial score (nSPS) is 11.0. The van der Waals surface area contributed by atoms with Gasteiger partial charge in [0.25, 0.3) is 0 Å². The molecule has 0 radical (unpaired) electrons. The molecular formula is C20H23N5OS. The maximum atomic E-state index is 12.8. The zero-order valence-electron chi connectivity index (χ0n) is 15.7. The minimum Gasteiger partial charge on any atom is -0.335 e. The Kier molecular flexibility index (Phi) is 6.24. The smallest absolute Gasteiger partial charge is 0.233 e. The molecule has 1 heterocycles. The van der Waals surface area contributed by atoms with Crippen LogP contribution in [-0.4, -0.2) is 42.8 Å². The molecule has 140 valence electrons. The van der Waals surface area contributed by atoms with Gasteiger partial charge in [0.2, 0.25) is 11.1 Å². The zero-order valence-corrected chi connectivity index (χ0v) is 16.6. The highest BCUT2D eigenvalue weighted by atomic mass is 32.2. The van der Waals surface area contributed by atoms with E-state index in [1.54, 1.807) is 4.68 Å². The van der Waals surface area contributed by atoms with Gasteiger partial charge in [-0.15, -0.1) is 5.10 Å². The van der Waals surface area contributed by atoms with E-state index in [9.17, 15) is 4.79 Å². The van der Waals surface area contributed by atoms with Crippen molar-refractivity contribution in [2.75, 3.05) is 5.75 Å². The summed E-state index contributed by atoms with van der Waals surface area (Å²) in [7, 11) is 0. The van der Waals surface area contributed by atoms with Crippen molar-refractivity contribution in [1.29, 1.82) is 0 Å². The third kappa shape index (κ3) is 4.95. The van der Waals surface area contributed by atoms with Gasteiger partial charge in [-0.1, -0.05) is 54.2 Å². The second-order valence-electron chi connectivity index (χ2n) is 6.60. The highest BCUT2D eigenvalue weighted by molar-refractivity contribution is 7.99. The number of tetrazole rings is 1. The van der Waals surface area contributed by atoms with E-state index in [-0.39, 0.29) is 17.7 Å². The number of amides is 1. The average molecular weight is 382 g/mol. The van der Waals surface area contributed by atoms with Gasteiger partial charge in [0.05, 0.1) is 11.4 Å². The fourth-order valence-electron chi connectivity index (χ4n) is 2.74. The number of carbonyl (C=O) groups is 1. The lowest BCUT2D eigenvalue weighted by atomic mass is 10.2. The summed E-state index contributed by atoms with van der Waals surface area (Å²) in [6.45, 7) is 6.68. The summed E-state index contributed by atoms with van der Waals surface area (Å²) in [5.41, 5.74) is 3.14. The first-order valence-electron chi connectivity index (χ1n) is 8.86. The first kappa shape index (κ1) is 19.1. The maximum Gasteiger partial charge on any atom is 0.233 e. The Morgan fingerprint density at radius 3 is 2.63 bits per heavy atom. The molecule has 1 amide bonds. The maximum absolute atomic E-state index is 12.8. The van der Waals surface area contributed by atoms with Crippen molar-refractivity contribution >= 4 is 17.7 Å². The number of nitrogens with zero attached hydrogens (tertiary/aromatic N) is 5. The van der Waals surface area contributed by atoms with Gasteiger partial charge < -0.3 is 4.90 Å². The van der Waals surface area contributed by atoms with Crippen LogP contribution in [-0.2, 0) is 11.3 Å². The van der Waals surface area contributed by atoms with Crippen molar-refractivity contribution in [2.45, 2.75) is 38.5 Å². The molecule has 1 aromatic heterocycles. The molecule has 6 nitrogen and oxygen atoms in total. The van der Waals surface area contributed by atoms with Gasteiger partial charge in [-0.25, -0.2) is 0 Å². The molecule has 0 unspecified atom stereocenters. The molecule has 2 aromatic carbocycles. The van der Waals surface area contributed by atoms with Crippen molar-refractivity contribution in [3.63, 3.8) is 0 Å². The van der Waals surface area contributed by atoms with Crippen LogP contribution in [0.15, 0.2) is 59.8 Å². The van der Waals surface area contributed by atoms with Crippen LogP contribution in [0.3, 0.4) is 0 Å². The summed E-state index contributed by atoms with van der Waals surface area (Å²) < 4.78 is 1.67. The summed E-state index contributed by atoms with van der Waals surface area (Å²) in [4.78, 5) is 14.7. The third-order valence-corrected chi connectivity index (χ3v) is 5.06. The second-order valence-corrected chi connectivity index (χ2v) is 7.54. The van der Waals surface area contributed by atoms with Gasteiger partial charge in [0.1, 0.15) is 0 Å². The number of thioether (sulfide) groups is 1. The predicted octanol–water partition coefficient (Wildman–Crippen LogP) is 3.50. The second kappa shape index (κ2) is 8.81. The monoisotopic (exact) mass is 381 g/mol. The lowest BCUT2D eigenvalue weighted by molar-refractivity contribution is -0.130. The topological polar surface area (TPSA) is 63.9 Å². The van der Waals surface area contributed by atoms with Crippen LogP contribution in [0.1, 0.15) is 25.0 Å². The molecule has 0 spiro atoms. The quantitative estimate of drug-likeness (QED) is 0.586. The Labute approximate surface area is 163 Å². The van der Waals surface area contributed by atoms with Crippen molar-refractivity contribution in [2.24, 2.45) is 0 Å². The van der Waals surface area contributed by atoms with E-state index in [0.29, 0.717) is 11.7 Å². The van der Waals surface area contributed by atoms with Crippen LogP contribution in [0.25, 0.3) is 5.69 Å². The lowest BCUT2D eigenvalue weighted by Gasteiger charge is -2.26. The molecule has 3 rings (SSSR count). The zero-order chi connectivity index (χ0) is 19.2. The highest BCUT2D eigenvalue weighted by Crippen LogP contribution is 2.20. The molecule has 0 aliphatic heterocycles. The fourth-order valence-corrected chi connectivity index (χ4v) is 3.52. The Bertz CT molecular complexity index is 894. The Balaban J connectivity index is 1.69. The van der Waals surface area contributed by atoms with Crippen LogP contribution in [0.5, 0.6) is 0 Å². The molecule has 3 aromatic rings. The van der Waals surface area contributed by atoms with Gasteiger partial charge in [-0.3, -0.25) is 4.79 Å². The molecule has 0 saturated heterocycles. The summed E-state index contributed by atoms with van der Waals surface area (Å²) in [5.74, 6) is 0.356. The third-order valence-electron chi connectivity index (χ3n) is 4.15.